The lowest BCUT2D eigenvalue weighted by molar-refractivity contribution is -0.132. The highest BCUT2D eigenvalue weighted by atomic mass is 16.5. The summed E-state index contributed by atoms with van der Waals surface area (Å²) in [5.41, 5.74) is 0. The van der Waals surface area contributed by atoms with Gasteiger partial charge in [0.1, 0.15) is 0 Å². The van der Waals surface area contributed by atoms with E-state index < -0.39 is 0 Å². The minimum Gasteiger partial charge on any atom is -0.383 e. The van der Waals surface area contributed by atoms with Crippen molar-refractivity contribution in [2.45, 2.75) is 18.6 Å². The zero-order valence-corrected chi connectivity index (χ0v) is 9.66. The van der Waals surface area contributed by atoms with E-state index in [1.165, 1.54) is 0 Å². The number of nitrogens with zero attached hydrogens (tertiary/aromatic N) is 1. The summed E-state index contributed by atoms with van der Waals surface area (Å²) >= 11 is 0. The Labute approximate surface area is 90.7 Å². The summed E-state index contributed by atoms with van der Waals surface area (Å²) in [6.45, 7) is 1.96. The SMILES string of the molecule is COCCN(C)C(=O)C1CC(OC)CN1. The van der Waals surface area contributed by atoms with Gasteiger partial charge in [-0.2, -0.15) is 0 Å². The second kappa shape index (κ2) is 6.05. The lowest BCUT2D eigenvalue weighted by Crippen LogP contribution is -2.42. The van der Waals surface area contributed by atoms with Crippen LogP contribution in [0, 0.1) is 0 Å². The summed E-state index contributed by atoms with van der Waals surface area (Å²) in [6.07, 6.45) is 0.918. The molecular weight excluding hydrogens is 196 g/mol. The second-order valence-corrected chi connectivity index (χ2v) is 3.81. The molecule has 0 radical (unpaired) electrons. The molecule has 1 rings (SSSR count). The Morgan fingerprint density at radius 2 is 2.27 bits per heavy atom. The fraction of sp³-hybridized carbons (Fsp3) is 0.900. The van der Waals surface area contributed by atoms with E-state index in [0.29, 0.717) is 13.2 Å². The van der Waals surface area contributed by atoms with Crippen LogP contribution in [0.1, 0.15) is 6.42 Å². The highest BCUT2D eigenvalue weighted by molar-refractivity contribution is 5.82. The molecule has 0 aromatic rings. The first kappa shape index (κ1) is 12.4. The molecule has 88 valence electrons. The molecule has 0 bridgehead atoms. The first-order valence-corrected chi connectivity index (χ1v) is 5.19. The summed E-state index contributed by atoms with van der Waals surface area (Å²) in [7, 11) is 5.10. The zero-order chi connectivity index (χ0) is 11.3. The number of amides is 1. The highest BCUT2D eigenvalue weighted by Crippen LogP contribution is 2.11. The fourth-order valence-corrected chi connectivity index (χ4v) is 1.68. The molecule has 5 nitrogen and oxygen atoms in total. The van der Waals surface area contributed by atoms with Crippen LogP contribution in [0.4, 0.5) is 0 Å². The minimum absolute atomic E-state index is 0.100. The number of carbonyl (C=O) groups excluding carboxylic acids is 1. The molecule has 1 fully saturated rings. The molecule has 2 unspecified atom stereocenters. The largest absolute Gasteiger partial charge is 0.383 e. The van der Waals surface area contributed by atoms with Gasteiger partial charge in [-0.15, -0.1) is 0 Å². The van der Waals surface area contributed by atoms with Crippen molar-refractivity contribution in [3.05, 3.63) is 0 Å². The van der Waals surface area contributed by atoms with Crippen LogP contribution in [-0.2, 0) is 14.3 Å². The van der Waals surface area contributed by atoms with Gasteiger partial charge < -0.3 is 19.7 Å². The van der Waals surface area contributed by atoms with Crippen LogP contribution in [0.15, 0.2) is 0 Å². The molecule has 0 aliphatic carbocycles. The number of hydrogen-bond acceptors (Lipinski definition) is 4. The van der Waals surface area contributed by atoms with E-state index in [2.05, 4.69) is 5.32 Å². The Bertz CT molecular complexity index is 211. The Hall–Kier alpha value is -0.650. The summed E-state index contributed by atoms with van der Waals surface area (Å²) in [6, 6.07) is -0.100. The van der Waals surface area contributed by atoms with Crippen molar-refractivity contribution < 1.29 is 14.3 Å². The Kier molecular flexibility index (Phi) is 5.01. The Morgan fingerprint density at radius 1 is 1.53 bits per heavy atom. The van der Waals surface area contributed by atoms with Crippen LogP contribution in [-0.4, -0.2) is 63.9 Å². The van der Waals surface area contributed by atoms with Gasteiger partial charge in [-0.25, -0.2) is 0 Å². The minimum atomic E-state index is -0.100. The van der Waals surface area contributed by atoms with Crippen molar-refractivity contribution in [2.75, 3.05) is 41.0 Å². The smallest absolute Gasteiger partial charge is 0.239 e. The summed E-state index contributed by atoms with van der Waals surface area (Å²) in [4.78, 5) is 13.6. The molecule has 1 amide bonds. The maximum atomic E-state index is 11.9. The lowest BCUT2D eigenvalue weighted by Gasteiger charge is -2.20. The normalized spacial score (nSPS) is 25.5. The van der Waals surface area contributed by atoms with Crippen molar-refractivity contribution in [1.29, 1.82) is 0 Å². The average molecular weight is 216 g/mol. The third kappa shape index (κ3) is 3.44. The second-order valence-electron chi connectivity index (χ2n) is 3.81. The van der Waals surface area contributed by atoms with E-state index >= 15 is 0 Å². The molecule has 0 aromatic carbocycles. The average Bonchev–Trinajstić information content (AvgIpc) is 2.73. The number of nitrogens with one attached hydrogen (secondary N) is 1. The number of rotatable bonds is 5. The van der Waals surface area contributed by atoms with Gasteiger partial charge in [-0.3, -0.25) is 4.79 Å². The quantitative estimate of drug-likeness (QED) is 0.671. The summed E-state index contributed by atoms with van der Waals surface area (Å²) in [5, 5.41) is 3.16. The van der Waals surface area contributed by atoms with Gasteiger partial charge in [-0.1, -0.05) is 0 Å². The summed E-state index contributed by atoms with van der Waals surface area (Å²) in [5.74, 6) is 0.117. The van der Waals surface area contributed by atoms with Crippen LogP contribution < -0.4 is 5.32 Å². The number of carbonyl (C=O) groups is 1. The van der Waals surface area contributed by atoms with Crippen molar-refractivity contribution in [1.82, 2.24) is 10.2 Å². The van der Waals surface area contributed by atoms with Gasteiger partial charge >= 0.3 is 0 Å². The van der Waals surface area contributed by atoms with Crippen LogP contribution in [0.25, 0.3) is 0 Å². The molecule has 1 aliphatic rings. The molecule has 15 heavy (non-hydrogen) atoms. The first-order chi connectivity index (χ1) is 7.19. The highest BCUT2D eigenvalue weighted by Gasteiger charge is 2.30. The number of hydrogen-bond donors (Lipinski definition) is 1. The van der Waals surface area contributed by atoms with Crippen molar-refractivity contribution in [3.8, 4) is 0 Å². The summed E-state index contributed by atoms with van der Waals surface area (Å²) < 4.78 is 10.1. The van der Waals surface area contributed by atoms with Gasteiger partial charge in [0.2, 0.25) is 5.91 Å². The van der Waals surface area contributed by atoms with E-state index in [-0.39, 0.29) is 18.1 Å². The van der Waals surface area contributed by atoms with Crippen molar-refractivity contribution >= 4 is 5.91 Å². The molecule has 2 atom stereocenters. The predicted octanol–water partition coefficient (Wildman–Crippen LogP) is -0.532. The molecule has 1 aliphatic heterocycles. The molecule has 1 N–H and O–H groups in total. The molecule has 1 heterocycles. The molecule has 0 saturated carbocycles. The monoisotopic (exact) mass is 216 g/mol. The third-order valence-electron chi connectivity index (χ3n) is 2.73. The number of methoxy groups -OCH3 is 2. The van der Waals surface area contributed by atoms with E-state index in [0.717, 1.165) is 13.0 Å². The predicted molar refractivity (Wildman–Crippen MR) is 56.7 cm³/mol. The Morgan fingerprint density at radius 3 is 2.80 bits per heavy atom. The van der Waals surface area contributed by atoms with Gasteiger partial charge in [-0.05, 0) is 6.42 Å². The fourth-order valence-electron chi connectivity index (χ4n) is 1.68. The molecule has 0 aromatic heterocycles. The van der Waals surface area contributed by atoms with E-state index in [1.54, 1.807) is 26.2 Å². The van der Waals surface area contributed by atoms with Crippen LogP contribution in [0.2, 0.25) is 0 Å². The van der Waals surface area contributed by atoms with Crippen molar-refractivity contribution in [2.24, 2.45) is 0 Å². The van der Waals surface area contributed by atoms with Crippen LogP contribution >= 0.6 is 0 Å². The topological polar surface area (TPSA) is 50.8 Å². The van der Waals surface area contributed by atoms with E-state index in [1.807, 2.05) is 0 Å². The molecular formula is C10H20N2O3. The number of ether oxygens (including phenoxy) is 2. The Balaban J connectivity index is 2.33. The first-order valence-electron chi connectivity index (χ1n) is 5.19. The molecule has 1 saturated heterocycles. The standard InChI is InChI=1S/C10H20N2O3/c1-12(4-5-14-2)10(13)9-6-8(15-3)7-11-9/h8-9,11H,4-7H2,1-3H3. The van der Waals surface area contributed by atoms with E-state index in [4.69, 9.17) is 9.47 Å². The van der Waals surface area contributed by atoms with Gasteiger partial charge in [0, 0.05) is 34.4 Å². The zero-order valence-electron chi connectivity index (χ0n) is 9.66. The van der Waals surface area contributed by atoms with Gasteiger partial charge in [0.15, 0.2) is 0 Å². The van der Waals surface area contributed by atoms with Gasteiger partial charge in [0.05, 0.1) is 18.8 Å². The molecule has 5 heteroatoms. The molecule has 0 spiro atoms. The maximum Gasteiger partial charge on any atom is 0.239 e. The lowest BCUT2D eigenvalue weighted by atomic mass is 10.2. The maximum absolute atomic E-state index is 11.9. The van der Waals surface area contributed by atoms with Crippen LogP contribution in [0.5, 0.6) is 0 Å². The van der Waals surface area contributed by atoms with Crippen LogP contribution in [0.3, 0.4) is 0 Å². The van der Waals surface area contributed by atoms with Crippen molar-refractivity contribution in [3.63, 3.8) is 0 Å². The van der Waals surface area contributed by atoms with Gasteiger partial charge in [0.25, 0.3) is 0 Å². The van der Waals surface area contributed by atoms with E-state index in [9.17, 15) is 4.79 Å². The third-order valence-corrected chi connectivity index (χ3v) is 2.73. The number of likely N-dealkylation sites (N-methyl/N-ethyl adjacent to an activating group) is 1.